The van der Waals surface area contributed by atoms with Crippen molar-refractivity contribution in [3.8, 4) is 11.8 Å². The van der Waals surface area contributed by atoms with Crippen molar-refractivity contribution >= 4 is 5.78 Å². The van der Waals surface area contributed by atoms with Crippen LogP contribution in [-0.2, 0) is 0 Å². The Labute approximate surface area is 113 Å². The number of hydrogen-bond donors (Lipinski definition) is 0. The summed E-state index contributed by atoms with van der Waals surface area (Å²) in [5.41, 5.74) is -0.0183. The highest BCUT2D eigenvalue weighted by atomic mass is 19.1. The predicted molar refractivity (Wildman–Crippen MR) is 70.5 cm³/mol. The van der Waals surface area contributed by atoms with Gasteiger partial charge in [0, 0.05) is 6.07 Å². The van der Waals surface area contributed by atoms with Crippen LogP contribution in [0.4, 0.5) is 4.39 Å². The lowest BCUT2D eigenvalue weighted by Gasteiger charge is -2.15. The summed E-state index contributed by atoms with van der Waals surface area (Å²) in [4.78, 5) is 11.4. The summed E-state index contributed by atoms with van der Waals surface area (Å²) >= 11 is 0. The smallest absolute Gasteiger partial charge is 0.163 e. The third-order valence-electron chi connectivity index (χ3n) is 2.83. The minimum absolute atomic E-state index is 0.160. The molecular formula is C15H18FNO2. The van der Waals surface area contributed by atoms with Crippen LogP contribution >= 0.6 is 0 Å². The van der Waals surface area contributed by atoms with E-state index in [1.807, 2.05) is 13.8 Å². The van der Waals surface area contributed by atoms with Gasteiger partial charge in [0.25, 0.3) is 0 Å². The molecule has 1 aromatic carbocycles. The standard InChI is InChI=1S/C15H18FNO2/c1-11(18)13-6-5-12(16)9-14(13)19-8-4-7-15(2,3)10-17/h5-6,9H,4,7-8H2,1-3H3. The van der Waals surface area contributed by atoms with E-state index in [0.717, 1.165) is 0 Å². The number of nitrogens with zero attached hydrogens (tertiary/aromatic N) is 1. The first-order chi connectivity index (χ1) is 8.85. The first-order valence-electron chi connectivity index (χ1n) is 6.20. The number of ether oxygens (including phenoxy) is 1. The zero-order valence-corrected chi connectivity index (χ0v) is 11.5. The third kappa shape index (κ3) is 4.70. The molecule has 4 heteroatoms. The normalized spacial score (nSPS) is 10.9. The second-order valence-electron chi connectivity index (χ2n) is 5.14. The largest absolute Gasteiger partial charge is 0.493 e. The monoisotopic (exact) mass is 263 g/mol. The molecule has 0 atom stereocenters. The van der Waals surface area contributed by atoms with Crippen molar-refractivity contribution < 1.29 is 13.9 Å². The molecular weight excluding hydrogens is 245 g/mol. The maximum Gasteiger partial charge on any atom is 0.163 e. The second kappa shape index (κ2) is 6.33. The molecule has 0 saturated heterocycles. The van der Waals surface area contributed by atoms with Gasteiger partial charge in [0.2, 0.25) is 0 Å². The first-order valence-corrected chi connectivity index (χ1v) is 6.20. The third-order valence-corrected chi connectivity index (χ3v) is 2.83. The first kappa shape index (κ1) is 15.2. The van der Waals surface area contributed by atoms with Gasteiger partial charge >= 0.3 is 0 Å². The molecule has 0 aliphatic heterocycles. The molecule has 0 N–H and O–H groups in total. The van der Waals surface area contributed by atoms with E-state index in [-0.39, 0.29) is 11.5 Å². The Balaban J connectivity index is 2.61. The van der Waals surface area contributed by atoms with Crippen LogP contribution in [0.15, 0.2) is 18.2 Å². The highest BCUT2D eigenvalue weighted by Gasteiger charge is 2.16. The zero-order valence-electron chi connectivity index (χ0n) is 11.5. The van der Waals surface area contributed by atoms with E-state index in [2.05, 4.69) is 6.07 Å². The number of hydrogen-bond acceptors (Lipinski definition) is 3. The summed E-state index contributed by atoms with van der Waals surface area (Å²) in [5.74, 6) is -0.327. The van der Waals surface area contributed by atoms with Gasteiger partial charge < -0.3 is 4.74 Å². The maximum atomic E-state index is 13.1. The van der Waals surface area contributed by atoms with E-state index in [9.17, 15) is 9.18 Å². The topological polar surface area (TPSA) is 50.1 Å². The predicted octanol–water partition coefficient (Wildman–Crippen LogP) is 3.74. The van der Waals surface area contributed by atoms with Gasteiger partial charge in [-0.15, -0.1) is 0 Å². The summed E-state index contributed by atoms with van der Waals surface area (Å²) < 4.78 is 18.6. The highest BCUT2D eigenvalue weighted by Crippen LogP contribution is 2.23. The number of nitriles is 1. The summed E-state index contributed by atoms with van der Waals surface area (Å²) in [7, 11) is 0. The van der Waals surface area contributed by atoms with Crippen molar-refractivity contribution in [2.45, 2.75) is 33.6 Å². The van der Waals surface area contributed by atoms with Crippen molar-refractivity contribution in [1.29, 1.82) is 5.26 Å². The van der Waals surface area contributed by atoms with Crippen LogP contribution in [0.25, 0.3) is 0 Å². The SMILES string of the molecule is CC(=O)c1ccc(F)cc1OCCCC(C)(C)C#N. The Morgan fingerprint density at radius 2 is 2.16 bits per heavy atom. The molecule has 0 saturated carbocycles. The van der Waals surface area contributed by atoms with E-state index in [0.29, 0.717) is 25.0 Å². The van der Waals surface area contributed by atoms with Gasteiger partial charge in [0.1, 0.15) is 11.6 Å². The average molecular weight is 263 g/mol. The van der Waals surface area contributed by atoms with Crippen LogP contribution in [0, 0.1) is 22.6 Å². The minimum Gasteiger partial charge on any atom is -0.493 e. The van der Waals surface area contributed by atoms with E-state index < -0.39 is 11.2 Å². The van der Waals surface area contributed by atoms with Gasteiger partial charge in [-0.1, -0.05) is 0 Å². The number of ketones is 1. The number of carbonyl (C=O) groups excluding carboxylic acids is 1. The van der Waals surface area contributed by atoms with Crippen molar-refractivity contribution in [2.24, 2.45) is 5.41 Å². The van der Waals surface area contributed by atoms with Crippen molar-refractivity contribution in [3.05, 3.63) is 29.6 Å². The summed E-state index contributed by atoms with van der Waals surface area (Å²) in [6.07, 6.45) is 1.36. The quantitative estimate of drug-likeness (QED) is 0.580. The van der Waals surface area contributed by atoms with E-state index in [1.165, 1.54) is 25.1 Å². The fourth-order valence-corrected chi connectivity index (χ4v) is 1.66. The molecule has 0 aliphatic rings. The lowest BCUT2D eigenvalue weighted by Crippen LogP contribution is -2.11. The molecule has 0 spiro atoms. The highest BCUT2D eigenvalue weighted by molar-refractivity contribution is 5.96. The van der Waals surface area contributed by atoms with Gasteiger partial charge in [-0.2, -0.15) is 5.26 Å². The van der Waals surface area contributed by atoms with Crippen LogP contribution < -0.4 is 4.74 Å². The Morgan fingerprint density at radius 1 is 1.47 bits per heavy atom. The molecule has 0 amide bonds. The Bertz CT molecular complexity index is 503. The molecule has 0 unspecified atom stereocenters. The lowest BCUT2D eigenvalue weighted by atomic mass is 9.90. The summed E-state index contributed by atoms with van der Waals surface area (Å²) in [5, 5.41) is 8.88. The fraction of sp³-hybridized carbons (Fsp3) is 0.467. The van der Waals surface area contributed by atoms with Crippen molar-refractivity contribution in [1.82, 2.24) is 0 Å². The summed E-state index contributed by atoms with van der Waals surface area (Å²) in [6.45, 7) is 5.49. The van der Waals surface area contributed by atoms with Crippen LogP contribution in [0.1, 0.15) is 44.0 Å². The molecule has 0 bridgehead atoms. The van der Waals surface area contributed by atoms with Crippen molar-refractivity contribution in [3.63, 3.8) is 0 Å². The maximum absolute atomic E-state index is 13.1. The van der Waals surface area contributed by atoms with Gasteiger partial charge in [-0.3, -0.25) is 4.79 Å². The number of carbonyl (C=O) groups is 1. The summed E-state index contributed by atoms with van der Waals surface area (Å²) in [6, 6.07) is 6.08. The molecule has 1 aromatic rings. The average Bonchev–Trinajstić information content (AvgIpc) is 2.34. The molecule has 0 aliphatic carbocycles. The fourth-order valence-electron chi connectivity index (χ4n) is 1.66. The Morgan fingerprint density at radius 3 is 2.74 bits per heavy atom. The van der Waals surface area contributed by atoms with Crippen LogP contribution in [0.5, 0.6) is 5.75 Å². The van der Waals surface area contributed by atoms with E-state index >= 15 is 0 Å². The molecule has 0 aromatic heterocycles. The number of halogens is 1. The number of Topliss-reactive ketones (excluding diaryl/α,β-unsaturated/α-hetero) is 1. The lowest BCUT2D eigenvalue weighted by molar-refractivity contribution is 0.101. The Kier molecular flexibility index (Phi) is 5.05. The number of rotatable bonds is 6. The molecule has 0 fully saturated rings. The van der Waals surface area contributed by atoms with Gasteiger partial charge in [-0.05, 0) is 45.7 Å². The number of benzene rings is 1. The molecule has 102 valence electrons. The van der Waals surface area contributed by atoms with Crippen LogP contribution in [-0.4, -0.2) is 12.4 Å². The van der Waals surface area contributed by atoms with Gasteiger partial charge in [-0.25, -0.2) is 4.39 Å². The molecule has 19 heavy (non-hydrogen) atoms. The molecule has 1 rings (SSSR count). The minimum atomic E-state index is -0.433. The van der Waals surface area contributed by atoms with Crippen molar-refractivity contribution in [2.75, 3.05) is 6.61 Å². The van der Waals surface area contributed by atoms with Crippen LogP contribution in [0.2, 0.25) is 0 Å². The van der Waals surface area contributed by atoms with E-state index in [1.54, 1.807) is 0 Å². The van der Waals surface area contributed by atoms with E-state index in [4.69, 9.17) is 10.00 Å². The Hall–Kier alpha value is -1.89. The van der Waals surface area contributed by atoms with Crippen LogP contribution in [0.3, 0.4) is 0 Å². The molecule has 0 heterocycles. The molecule has 3 nitrogen and oxygen atoms in total. The second-order valence-corrected chi connectivity index (χ2v) is 5.14. The zero-order chi connectivity index (χ0) is 14.5. The molecule has 0 radical (unpaired) electrons. The van der Waals surface area contributed by atoms with Gasteiger partial charge in [0.05, 0.1) is 23.7 Å². The van der Waals surface area contributed by atoms with Gasteiger partial charge in [0.15, 0.2) is 5.78 Å².